The highest BCUT2D eigenvalue weighted by Gasteiger charge is 2.12. The summed E-state index contributed by atoms with van der Waals surface area (Å²) in [6.07, 6.45) is 0. The van der Waals surface area contributed by atoms with Gasteiger partial charge in [-0.05, 0) is 30.3 Å². The van der Waals surface area contributed by atoms with E-state index in [0.29, 0.717) is 17.0 Å². The predicted molar refractivity (Wildman–Crippen MR) is 71.2 cm³/mol. The standard InChI is InChI=1S/C14H10FN3O2/c15-11-5-4-9(7-12(11)16)14-17-13(18-20-14)8-2-1-3-10(19)6-8/h1-7,19H,16H2. The van der Waals surface area contributed by atoms with Gasteiger partial charge in [-0.15, -0.1) is 0 Å². The molecule has 0 saturated carbocycles. The molecule has 0 radical (unpaired) electrons. The Bertz CT molecular complexity index is 771. The second-order valence-electron chi connectivity index (χ2n) is 4.21. The number of aromatic nitrogens is 2. The average molecular weight is 271 g/mol. The van der Waals surface area contributed by atoms with Gasteiger partial charge in [0.2, 0.25) is 5.82 Å². The summed E-state index contributed by atoms with van der Waals surface area (Å²) in [5.74, 6) is 0.176. The molecule has 0 bridgehead atoms. The molecule has 3 aromatic rings. The van der Waals surface area contributed by atoms with Crippen LogP contribution in [0.25, 0.3) is 22.8 Å². The molecule has 0 spiro atoms. The SMILES string of the molecule is Nc1cc(-c2nc(-c3cccc(O)c3)no2)ccc1F. The number of nitrogen functional groups attached to an aromatic ring is 1. The zero-order valence-corrected chi connectivity index (χ0v) is 10.2. The number of benzene rings is 2. The molecule has 0 saturated heterocycles. The van der Waals surface area contributed by atoms with Gasteiger partial charge in [0.1, 0.15) is 11.6 Å². The number of aromatic hydroxyl groups is 1. The molecule has 3 N–H and O–H groups in total. The van der Waals surface area contributed by atoms with Gasteiger partial charge in [-0.3, -0.25) is 0 Å². The highest BCUT2D eigenvalue weighted by Crippen LogP contribution is 2.26. The highest BCUT2D eigenvalue weighted by atomic mass is 19.1. The zero-order chi connectivity index (χ0) is 14.1. The fourth-order valence-electron chi connectivity index (χ4n) is 1.78. The number of hydrogen-bond acceptors (Lipinski definition) is 5. The first-order valence-electron chi connectivity index (χ1n) is 5.82. The normalized spacial score (nSPS) is 10.7. The Morgan fingerprint density at radius 2 is 1.95 bits per heavy atom. The molecule has 6 heteroatoms. The lowest BCUT2D eigenvalue weighted by molar-refractivity contribution is 0.432. The molecule has 100 valence electrons. The van der Waals surface area contributed by atoms with Crippen LogP contribution in [-0.2, 0) is 0 Å². The topological polar surface area (TPSA) is 85.2 Å². The number of nitrogens with two attached hydrogens (primary N) is 1. The maximum atomic E-state index is 13.1. The third-order valence-corrected chi connectivity index (χ3v) is 2.77. The number of phenolic OH excluding ortho intramolecular Hbond substituents is 1. The third kappa shape index (κ3) is 2.18. The van der Waals surface area contributed by atoms with Crippen LogP contribution in [-0.4, -0.2) is 15.2 Å². The van der Waals surface area contributed by atoms with Gasteiger partial charge in [0.05, 0.1) is 5.69 Å². The van der Waals surface area contributed by atoms with Crippen LogP contribution in [0.2, 0.25) is 0 Å². The van der Waals surface area contributed by atoms with E-state index in [1.807, 2.05) is 0 Å². The second kappa shape index (κ2) is 4.65. The Morgan fingerprint density at radius 3 is 2.70 bits per heavy atom. The fraction of sp³-hybridized carbons (Fsp3) is 0. The van der Waals surface area contributed by atoms with E-state index in [2.05, 4.69) is 10.1 Å². The molecule has 1 heterocycles. The summed E-state index contributed by atoms with van der Waals surface area (Å²) in [6, 6.07) is 10.7. The molecule has 20 heavy (non-hydrogen) atoms. The number of halogens is 1. The van der Waals surface area contributed by atoms with Gasteiger partial charge in [-0.1, -0.05) is 17.3 Å². The molecule has 1 aromatic heterocycles. The predicted octanol–water partition coefficient (Wildman–Crippen LogP) is 2.83. The summed E-state index contributed by atoms with van der Waals surface area (Å²) in [7, 11) is 0. The lowest BCUT2D eigenvalue weighted by Gasteiger charge is -1.98. The Labute approximate surface area is 113 Å². The first kappa shape index (κ1) is 12.2. The van der Waals surface area contributed by atoms with Gasteiger partial charge in [0.25, 0.3) is 5.89 Å². The number of rotatable bonds is 2. The number of anilines is 1. The van der Waals surface area contributed by atoms with Crippen LogP contribution in [0, 0.1) is 5.82 Å². The Hall–Kier alpha value is -2.89. The van der Waals surface area contributed by atoms with Crippen molar-refractivity contribution in [2.75, 3.05) is 5.73 Å². The van der Waals surface area contributed by atoms with Crippen molar-refractivity contribution < 1.29 is 14.0 Å². The summed E-state index contributed by atoms with van der Waals surface area (Å²) in [5, 5.41) is 13.2. The molecule has 0 aliphatic carbocycles. The molecular weight excluding hydrogens is 261 g/mol. The average Bonchev–Trinajstić information content (AvgIpc) is 2.92. The van der Waals surface area contributed by atoms with Crippen molar-refractivity contribution in [2.45, 2.75) is 0 Å². The molecule has 0 unspecified atom stereocenters. The van der Waals surface area contributed by atoms with Crippen LogP contribution >= 0.6 is 0 Å². The molecule has 0 fully saturated rings. The Morgan fingerprint density at radius 1 is 1.10 bits per heavy atom. The van der Waals surface area contributed by atoms with E-state index >= 15 is 0 Å². The molecule has 2 aromatic carbocycles. The minimum atomic E-state index is -0.499. The van der Waals surface area contributed by atoms with Crippen molar-refractivity contribution >= 4 is 5.69 Å². The first-order chi connectivity index (χ1) is 9.63. The molecule has 3 rings (SSSR count). The zero-order valence-electron chi connectivity index (χ0n) is 10.2. The lowest BCUT2D eigenvalue weighted by Crippen LogP contribution is -1.90. The molecule has 5 nitrogen and oxygen atoms in total. The quantitative estimate of drug-likeness (QED) is 0.700. The maximum Gasteiger partial charge on any atom is 0.258 e. The van der Waals surface area contributed by atoms with Crippen LogP contribution in [0.3, 0.4) is 0 Å². The largest absolute Gasteiger partial charge is 0.508 e. The fourth-order valence-corrected chi connectivity index (χ4v) is 1.78. The van der Waals surface area contributed by atoms with Crippen molar-refractivity contribution in [3.05, 3.63) is 48.3 Å². The van der Waals surface area contributed by atoms with Gasteiger partial charge in [-0.2, -0.15) is 4.98 Å². The first-order valence-corrected chi connectivity index (χ1v) is 5.82. The van der Waals surface area contributed by atoms with E-state index in [1.165, 1.54) is 24.3 Å². The van der Waals surface area contributed by atoms with Crippen LogP contribution < -0.4 is 5.73 Å². The molecule has 0 amide bonds. The van der Waals surface area contributed by atoms with E-state index in [0.717, 1.165) is 0 Å². The van der Waals surface area contributed by atoms with Crippen LogP contribution in [0.4, 0.5) is 10.1 Å². The van der Waals surface area contributed by atoms with Gasteiger partial charge in [-0.25, -0.2) is 4.39 Å². The molecule has 0 atom stereocenters. The van der Waals surface area contributed by atoms with E-state index in [4.69, 9.17) is 10.3 Å². The van der Waals surface area contributed by atoms with E-state index in [1.54, 1.807) is 18.2 Å². The summed E-state index contributed by atoms with van der Waals surface area (Å²) in [4.78, 5) is 4.20. The van der Waals surface area contributed by atoms with Gasteiger partial charge < -0.3 is 15.4 Å². The lowest BCUT2D eigenvalue weighted by atomic mass is 10.2. The second-order valence-corrected chi connectivity index (χ2v) is 4.21. The molecule has 0 aliphatic rings. The van der Waals surface area contributed by atoms with Crippen molar-refractivity contribution in [3.63, 3.8) is 0 Å². The van der Waals surface area contributed by atoms with Crippen molar-refractivity contribution in [3.8, 4) is 28.6 Å². The summed E-state index contributed by atoms with van der Waals surface area (Å²) >= 11 is 0. The maximum absolute atomic E-state index is 13.1. The minimum absolute atomic E-state index is 0.0135. The van der Waals surface area contributed by atoms with Crippen molar-refractivity contribution in [2.24, 2.45) is 0 Å². The number of nitrogens with zero attached hydrogens (tertiary/aromatic N) is 2. The monoisotopic (exact) mass is 271 g/mol. The third-order valence-electron chi connectivity index (χ3n) is 2.77. The van der Waals surface area contributed by atoms with Gasteiger partial charge >= 0.3 is 0 Å². The van der Waals surface area contributed by atoms with E-state index in [-0.39, 0.29) is 17.3 Å². The smallest absolute Gasteiger partial charge is 0.258 e. The minimum Gasteiger partial charge on any atom is -0.508 e. The summed E-state index contributed by atoms with van der Waals surface area (Å²) in [5.41, 5.74) is 6.66. The Balaban J connectivity index is 1.99. The van der Waals surface area contributed by atoms with E-state index < -0.39 is 5.82 Å². The highest BCUT2D eigenvalue weighted by molar-refractivity contribution is 5.63. The van der Waals surface area contributed by atoms with E-state index in [9.17, 15) is 9.50 Å². The molecular formula is C14H10FN3O2. The Kier molecular flexibility index (Phi) is 2.83. The van der Waals surface area contributed by atoms with Crippen molar-refractivity contribution in [1.82, 2.24) is 10.1 Å². The van der Waals surface area contributed by atoms with Crippen molar-refractivity contribution in [1.29, 1.82) is 0 Å². The van der Waals surface area contributed by atoms with Crippen LogP contribution in [0.1, 0.15) is 0 Å². The molecule has 0 aliphatic heterocycles. The number of hydrogen-bond donors (Lipinski definition) is 2. The summed E-state index contributed by atoms with van der Waals surface area (Å²) in [6.45, 7) is 0. The number of phenols is 1. The summed E-state index contributed by atoms with van der Waals surface area (Å²) < 4.78 is 18.2. The van der Waals surface area contributed by atoms with Gasteiger partial charge in [0, 0.05) is 11.1 Å². The van der Waals surface area contributed by atoms with Gasteiger partial charge in [0.15, 0.2) is 0 Å². The van der Waals surface area contributed by atoms with Crippen LogP contribution in [0.15, 0.2) is 47.0 Å². The van der Waals surface area contributed by atoms with Crippen LogP contribution in [0.5, 0.6) is 5.75 Å².